The number of rotatable bonds is 9. The summed E-state index contributed by atoms with van der Waals surface area (Å²) in [6.07, 6.45) is 2.59. The molecule has 2 aliphatic heterocycles. The SMILES string of the molecule is COc1ccc(CN(Cc2ccc(OC)cc2)c2ccc(-c3nc(N4CCOCC4)nc4c3CCN4C(C)=O)cn2)cc1. The molecule has 2 aliphatic rings. The van der Waals surface area contributed by atoms with Crippen molar-refractivity contribution >= 4 is 23.5 Å². The van der Waals surface area contributed by atoms with Crippen LogP contribution in [0.3, 0.4) is 0 Å². The Kier molecular flexibility index (Phi) is 8.37. The second-order valence-electron chi connectivity index (χ2n) is 10.7. The summed E-state index contributed by atoms with van der Waals surface area (Å²) >= 11 is 0. The highest BCUT2D eigenvalue weighted by Gasteiger charge is 2.30. The van der Waals surface area contributed by atoms with Crippen LogP contribution in [0.4, 0.5) is 17.6 Å². The predicted octanol–water partition coefficient (Wildman–Crippen LogP) is 4.51. The summed E-state index contributed by atoms with van der Waals surface area (Å²) < 4.78 is 16.2. The third-order valence-electron chi connectivity index (χ3n) is 7.90. The van der Waals surface area contributed by atoms with Crippen molar-refractivity contribution in [2.45, 2.75) is 26.4 Å². The lowest BCUT2D eigenvalue weighted by atomic mass is 10.1. The van der Waals surface area contributed by atoms with E-state index in [1.807, 2.05) is 36.5 Å². The molecule has 2 aromatic carbocycles. The van der Waals surface area contributed by atoms with E-state index in [2.05, 4.69) is 40.1 Å². The van der Waals surface area contributed by atoms with Gasteiger partial charge < -0.3 is 24.0 Å². The first kappa shape index (κ1) is 28.4. The Morgan fingerprint density at radius 1 is 0.860 bits per heavy atom. The number of morpholine rings is 1. The summed E-state index contributed by atoms with van der Waals surface area (Å²) in [5.74, 6) is 3.80. The van der Waals surface area contributed by atoms with Gasteiger partial charge in [0.2, 0.25) is 11.9 Å². The number of fused-ring (bicyclic) bond motifs is 1. The topological polar surface area (TPSA) is 93.2 Å². The third kappa shape index (κ3) is 6.24. The number of hydrogen-bond acceptors (Lipinski definition) is 9. The predicted molar refractivity (Wildman–Crippen MR) is 166 cm³/mol. The van der Waals surface area contributed by atoms with Crippen LogP contribution in [0.2, 0.25) is 0 Å². The number of aromatic nitrogens is 3. The van der Waals surface area contributed by atoms with Gasteiger partial charge in [-0.3, -0.25) is 9.69 Å². The summed E-state index contributed by atoms with van der Waals surface area (Å²) in [6, 6.07) is 20.3. The van der Waals surface area contributed by atoms with Gasteiger partial charge in [-0.05, 0) is 53.9 Å². The van der Waals surface area contributed by atoms with E-state index < -0.39 is 0 Å². The normalized spacial score (nSPS) is 14.4. The fourth-order valence-corrected chi connectivity index (χ4v) is 5.53. The van der Waals surface area contributed by atoms with Gasteiger partial charge in [0.05, 0.1) is 33.1 Å². The van der Waals surface area contributed by atoms with Crippen LogP contribution in [0.1, 0.15) is 23.6 Å². The van der Waals surface area contributed by atoms with Gasteiger partial charge >= 0.3 is 0 Å². The highest BCUT2D eigenvalue weighted by Crippen LogP contribution is 2.36. The molecule has 0 N–H and O–H groups in total. The molecule has 10 heteroatoms. The Labute approximate surface area is 251 Å². The van der Waals surface area contributed by atoms with E-state index in [1.54, 1.807) is 26.0 Å². The van der Waals surface area contributed by atoms with E-state index in [-0.39, 0.29) is 5.91 Å². The van der Waals surface area contributed by atoms with E-state index >= 15 is 0 Å². The number of methoxy groups -OCH3 is 2. The van der Waals surface area contributed by atoms with Crippen molar-refractivity contribution in [3.63, 3.8) is 0 Å². The number of carbonyl (C=O) groups is 1. The molecule has 10 nitrogen and oxygen atoms in total. The summed E-state index contributed by atoms with van der Waals surface area (Å²) in [6.45, 7) is 6.19. The van der Waals surface area contributed by atoms with E-state index in [0.29, 0.717) is 64.1 Å². The fraction of sp³-hybridized carbons (Fsp3) is 0.333. The van der Waals surface area contributed by atoms with Crippen LogP contribution in [0.25, 0.3) is 11.3 Å². The average Bonchev–Trinajstić information content (AvgIpc) is 3.50. The molecule has 0 atom stereocenters. The van der Waals surface area contributed by atoms with Crippen molar-refractivity contribution in [2.24, 2.45) is 0 Å². The molecule has 1 fully saturated rings. The first-order valence-corrected chi connectivity index (χ1v) is 14.5. The van der Waals surface area contributed by atoms with Crippen LogP contribution < -0.4 is 24.2 Å². The zero-order valence-corrected chi connectivity index (χ0v) is 24.8. The van der Waals surface area contributed by atoms with Gasteiger partial charge in [0.15, 0.2) is 0 Å². The second-order valence-corrected chi connectivity index (χ2v) is 10.7. The Balaban J connectivity index is 1.33. The minimum atomic E-state index is -0.0162. The van der Waals surface area contributed by atoms with Crippen LogP contribution in [0.5, 0.6) is 11.5 Å². The molecule has 4 heterocycles. The van der Waals surface area contributed by atoms with Crippen molar-refractivity contribution in [2.75, 3.05) is 61.8 Å². The maximum atomic E-state index is 12.4. The zero-order chi connectivity index (χ0) is 29.8. The molecular formula is C33H36N6O4. The lowest BCUT2D eigenvalue weighted by Crippen LogP contribution is -2.37. The fourth-order valence-electron chi connectivity index (χ4n) is 5.53. The average molecular weight is 581 g/mol. The molecule has 6 rings (SSSR count). The molecule has 1 saturated heterocycles. The number of hydrogen-bond donors (Lipinski definition) is 0. The molecule has 43 heavy (non-hydrogen) atoms. The quantitative estimate of drug-likeness (QED) is 0.284. The van der Waals surface area contributed by atoms with Crippen LogP contribution in [-0.4, -0.2) is 67.9 Å². The molecule has 0 aliphatic carbocycles. The smallest absolute Gasteiger partial charge is 0.228 e. The van der Waals surface area contributed by atoms with Crippen molar-refractivity contribution in [1.29, 1.82) is 0 Å². The zero-order valence-electron chi connectivity index (χ0n) is 24.8. The summed E-state index contributed by atoms with van der Waals surface area (Å²) in [5, 5.41) is 0. The van der Waals surface area contributed by atoms with Gasteiger partial charge in [-0.1, -0.05) is 24.3 Å². The Morgan fingerprint density at radius 3 is 2.02 bits per heavy atom. The van der Waals surface area contributed by atoms with Crippen molar-refractivity contribution in [3.8, 4) is 22.8 Å². The Bertz CT molecular complexity index is 1510. The number of amides is 1. The third-order valence-corrected chi connectivity index (χ3v) is 7.90. The first-order chi connectivity index (χ1) is 21.0. The molecule has 2 aromatic heterocycles. The number of benzene rings is 2. The van der Waals surface area contributed by atoms with Crippen LogP contribution >= 0.6 is 0 Å². The number of pyridine rings is 1. The molecule has 0 bridgehead atoms. The standard InChI is InChI=1S/C33H36N6O4/c1-23(40)39-15-14-29-31(35-33(36-32(29)39)37-16-18-43-19-17-37)26-8-13-30(34-20-26)38(21-24-4-9-27(41-2)10-5-24)22-25-6-11-28(42-3)12-7-25/h4-13,20H,14-19,21-22H2,1-3H3. The van der Waals surface area contributed by atoms with Crippen molar-refractivity contribution in [3.05, 3.63) is 83.6 Å². The molecule has 1 amide bonds. The number of carbonyl (C=O) groups excluding carboxylic acids is 1. The summed E-state index contributed by atoms with van der Waals surface area (Å²) in [5.41, 5.74) is 5.00. The van der Waals surface area contributed by atoms with Gasteiger partial charge in [-0.25, -0.2) is 9.97 Å². The van der Waals surface area contributed by atoms with E-state index in [1.165, 1.54) is 0 Å². The van der Waals surface area contributed by atoms with Gasteiger partial charge in [0, 0.05) is 57.0 Å². The molecule has 4 aromatic rings. The Morgan fingerprint density at radius 2 is 1.49 bits per heavy atom. The van der Waals surface area contributed by atoms with E-state index in [9.17, 15) is 4.79 Å². The highest BCUT2D eigenvalue weighted by molar-refractivity contribution is 5.94. The van der Waals surface area contributed by atoms with Crippen LogP contribution in [0, 0.1) is 0 Å². The monoisotopic (exact) mass is 580 g/mol. The van der Waals surface area contributed by atoms with Crippen molar-refractivity contribution in [1.82, 2.24) is 15.0 Å². The number of nitrogens with zero attached hydrogens (tertiary/aromatic N) is 6. The minimum Gasteiger partial charge on any atom is -0.497 e. The lowest BCUT2D eigenvalue weighted by Gasteiger charge is -2.28. The second kappa shape index (κ2) is 12.7. The molecule has 0 unspecified atom stereocenters. The number of anilines is 3. The maximum absolute atomic E-state index is 12.4. The molecule has 0 spiro atoms. The van der Waals surface area contributed by atoms with Crippen molar-refractivity contribution < 1.29 is 19.0 Å². The molecule has 222 valence electrons. The minimum absolute atomic E-state index is 0.0162. The van der Waals surface area contributed by atoms with E-state index in [0.717, 1.165) is 45.3 Å². The highest BCUT2D eigenvalue weighted by atomic mass is 16.5. The molecule has 0 saturated carbocycles. The van der Waals surface area contributed by atoms with Gasteiger partial charge in [-0.15, -0.1) is 0 Å². The van der Waals surface area contributed by atoms with Crippen LogP contribution in [-0.2, 0) is 29.0 Å². The number of ether oxygens (including phenoxy) is 3. The van der Waals surface area contributed by atoms with Gasteiger partial charge in [-0.2, -0.15) is 4.98 Å². The maximum Gasteiger partial charge on any atom is 0.228 e. The molecule has 0 radical (unpaired) electrons. The van der Waals surface area contributed by atoms with Gasteiger partial charge in [0.1, 0.15) is 23.1 Å². The van der Waals surface area contributed by atoms with Gasteiger partial charge in [0.25, 0.3) is 0 Å². The lowest BCUT2D eigenvalue weighted by molar-refractivity contribution is -0.116. The van der Waals surface area contributed by atoms with E-state index in [4.69, 9.17) is 29.2 Å². The van der Waals surface area contributed by atoms with Crippen LogP contribution in [0.15, 0.2) is 66.9 Å². The molecular weight excluding hydrogens is 544 g/mol. The summed E-state index contributed by atoms with van der Waals surface area (Å²) in [4.78, 5) is 33.4. The first-order valence-electron chi connectivity index (χ1n) is 14.5. The Hall–Kier alpha value is -4.70. The summed E-state index contributed by atoms with van der Waals surface area (Å²) in [7, 11) is 3.34. The largest absolute Gasteiger partial charge is 0.497 e.